The molecule has 1 rings (SSSR count). The number of rotatable bonds is 10. The van der Waals surface area contributed by atoms with E-state index in [-0.39, 0.29) is 12.6 Å². The lowest BCUT2D eigenvalue weighted by molar-refractivity contribution is 0.238. The first kappa shape index (κ1) is 16.0. The van der Waals surface area contributed by atoms with Gasteiger partial charge in [0.1, 0.15) is 5.75 Å². The predicted molar refractivity (Wildman–Crippen MR) is 79.5 cm³/mol. The van der Waals surface area contributed by atoms with Gasteiger partial charge in [-0.25, -0.2) is 0 Å². The number of hydrogen-bond acceptors (Lipinski definition) is 3. The second-order valence-electron chi connectivity index (χ2n) is 4.87. The highest BCUT2D eigenvalue weighted by Gasteiger charge is 2.03. The zero-order valence-corrected chi connectivity index (χ0v) is 12.2. The van der Waals surface area contributed by atoms with E-state index in [1.807, 2.05) is 12.1 Å². The third kappa shape index (κ3) is 6.60. The summed E-state index contributed by atoms with van der Waals surface area (Å²) in [6.45, 7) is 6.04. The number of unbranched alkanes of at least 4 members (excludes halogenated alkanes) is 2. The molecular formula is C16H27NO2. The summed E-state index contributed by atoms with van der Waals surface area (Å²) < 4.78 is 5.67. The smallest absolute Gasteiger partial charge is 0.119 e. The van der Waals surface area contributed by atoms with E-state index < -0.39 is 0 Å². The Balaban J connectivity index is 2.30. The highest BCUT2D eigenvalue weighted by molar-refractivity contribution is 5.27. The standard InChI is InChI=1S/C16H27NO2/c1-3-5-6-11-19-16-9-7-14(8-10-16)12-17-15(4-2)13-18/h7-10,15,17-18H,3-6,11-13H2,1-2H3/t15-/m1/s1. The minimum atomic E-state index is 0.185. The number of ether oxygens (including phenoxy) is 1. The van der Waals surface area contributed by atoms with E-state index in [4.69, 9.17) is 9.84 Å². The van der Waals surface area contributed by atoms with Gasteiger partial charge in [-0.15, -0.1) is 0 Å². The van der Waals surface area contributed by atoms with Crippen LogP contribution in [0.15, 0.2) is 24.3 Å². The monoisotopic (exact) mass is 265 g/mol. The van der Waals surface area contributed by atoms with Crippen LogP contribution in [0.3, 0.4) is 0 Å². The third-order valence-electron chi connectivity index (χ3n) is 3.25. The summed E-state index contributed by atoms with van der Waals surface area (Å²) in [6, 6.07) is 8.37. The summed E-state index contributed by atoms with van der Waals surface area (Å²) in [6.07, 6.45) is 4.50. The van der Waals surface area contributed by atoms with E-state index in [0.29, 0.717) is 0 Å². The molecule has 0 saturated carbocycles. The van der Waals surface area contributed by atoms with E-state index in [9.17, 15) is 0 Å². The van der Waals surface area contributed by atoms with Crippen molar-refractivity contribution >= 4 is 0 Å². The van der Waals surface area contributed by atoms with Crippen LogP contribution in [0.2, 0.25) is 0 Å². The van der Waals surface area contributed by atoms with Crippen molar-refractivity contribution in [1.29, 1.82) is 0 Å². The fourth-order valence-electron chi connectivity index (χ4n) is 1.85. The Morgan fingerprint density at radius 3 is 2.47 bits per heavy atom. The maximum absolute atomic E-state index is 9.11. The molecule has 3 heteroatoms. The maximum atomic E-state index is 9.11. The molecule has 0 amide bonds. The molecule has 0 bridgehead atoms. The van der Waals surface area contributed by atoms with Crippen molar-refractivity contribution in [1.82, 2.24) is 5.32 Å². The molecule has 3 nitrogen and oxygen atoms in total. The van der Waals surface area contributed by atoms with Crippen LogP contribution < -0.4 is 10.1 Å². The summed E-state index contributed by atoms with van der Waals surface area (Å²) in [5, 5.41) is 12.4. The Hall–Kier alpha value is -1.06. The van der Waals surface area contributed by atoms with E-state index >= 15 is 0 Å². The number of benzene rings is 1. The molecule has 0 aliphatic carbocycles. The number of aliphatic hydroxyl groups is 1. The minimum absolute atomic E-state index is 0.185. The molecule has 2 N–H and O–H groups in total. The fraction of sp³-hybridized carbons (Fsp3) is 0.625. The van der Waals surface area contributed by atoms with Crippen LogP contribution in [0, 0.1) is 0 Å². The fourth-order valence-corrected chi connectivity index (χ4v) is 1.85. The normalized spacial score (nSPS) is 12.4. The zero-order valence-electron chi connectivity index (χ0n) is 12.2. The quantitative estimate of drug-likeness (QED) is 0.639. The second kappa shape index (κ2) is 9.82. The van der Waals surface area contributed by atoms with Gasteiger partial charge >= 0.3 is 0 Å². The molecule has 0 heterocycles. The number of nitrogens with one attached hydrogen (secondary N) is 1. The summed E-state index contributed by atoms with van der Waals surface area (Å²) in [7, 11) is 0. The predicted octanol–water partition coefficient (Wildman–Crippen LogP) is 3.12. The molecule has 0 spiro atoms. The average molecular weight is 265 g/mol. The van der Waals surface area contributed by atoms with Gasteiger partial charge in [0.25, 0.3) is 0 Å². The lowest BCUT2D eigenvalue weighted by Gasteiger charge is -2.14. The van der Waals surface area contributed by atoms with Crippen molar-refractivity contribution < 1.29 is 9.84 Å². The Labute approximate surface area is 117 Å². The Bertz CT molecular complexity index is 320. The van der Waals surface area contributed by atoms with Gasteiger partial charge < -0.3 is 15.2 Å². The van der Waals surface area contributed by atoms with Gasteiger partial charge in [0.2, 0.25) is 0 Å². The van der Waals surface area contributed by atoms with Gasteiger partial charge in [-0.2, -0.15) is 0 Å². The molecule has 0 fully saturated rings. The van der Waals surface area contributed by atoms with Gasteiger partial charge in [0.15, 0.2) is 0 Å². The molecule has 1 aromatic rings. The molecule has 0 aromatic heterocycles. The van der Waals surface area contributed by atoms with Crippen LogP contribution in [0.1, 0.15) is 45.1 Å². The molecule has 1 aromatic carbocycles. The molecule has 0 radical (unpaired) electrons. The lowest BCUT2D eigenvalue weighted by Crippen LogP contribution is -2.31. The Morgan fingerprint density at radius 1 is 1.16 bits per heavy atom. The van der Waals surface area contributed by atoms with Crippen LogP contribution in [-0.2, 0) is 6.54 Å². The minimum Gasteiger partial charge on any atom is -0.494 e. The van der Waals surface area contributed by atoms with E-state index in [0.717, 1.165) is 31.7 Å². The van der Waals surface area contributed by atoms with Crippen LogP contribution in [0.4, 0.5) is 0 Å². The number of aliphatic hydroxyl groups excluding tert-OH is 1. The van der Waals surface area contributed by atoms with Crippen molar-refractivity contribution in [2.24, 2.45) is 0 Å². The van der Waals surface area contributed by atoms with Gasteiger partial charge in [-0.3, -0.25) is 0 Å². The van der Waals surface area contributed by atoms with Gasteiger partial charge in [-0.1, -0.05) is 38.8 Å². The second-order valence-corrected chi connectivity index (χ2v) is 4.87. The first-order valence-electron chi connectivity index (χ1n) is 7.36. The summed E-state index contributed by atoms with van der Waals surface area (Å²) in [5.41, 5.74) is 1.22. The van der Waals surface area contributed by atoms with Crippen LogP contribution in [0.25, 0.3) is 0 Å². The molecule has 0 unspecified atom stereocenters. The first-order valence-corrected chi connectivity index (χ1v) is 7.36. The highest BCUT2D eigenvalue weighted by atomic mass is 16.5. The van der Waals surface area contributed by atoms with E-state index in [2.05, 4.69) is 31.3 Å². The maximum Gasteiger partial charge on any atom is 0.119 e. The first-order chi connectivity index (χ1) is 9.30. The average Bonchev–Trinajstić information content (AvgIpc) is 2.46. The molecule has 0 aliphatic heterocycles. The van der Waals surface area contributed by atoms with Crippen molar-refractivity contribution in [2.45, 2.75) is 52.1 Å². The summed E-state index contributed by atoms with van der Waals surface area (Å²) in [4.78, 5) is 0. The summed E-state index contributed by atoms with van der Waals surface area (Å²) in [5.74, 6) is 0.939. The lowest BCUT2D eigenvalue weighted by atomic mass is 10.2. The SMILES string of the molecule is CCCCCOc1ccc(CN[C@H](CC)CO)cc1. The third-order valence-corrected chi connectivity index (χ3v) is 3.25. The van der Waals surface area contributed by atoms with Crippen LogP contribution in [-0.4, -0.2) is 24.4 Å². The van der Waals surface area contributed by atoms with Gasteiger partial charge in [-0.05, 0) is 30.5 Å². The Morgan fingerprint density at radius 2 is 1.89 bits per heavy atom. The van der Waals surface area contributed by atoms with Crippen LogP contribution >= 0.6 is 0 Å². The highest BCUT2D eigenvalue weighted by Crippen LogP contribution is 2.13. The molecule has 0 saturated heterocycles. The molecular weight excluding hydrogens is 238 g/mol. The topological polar surface area (TPSA) is 41.5 Å². The Kier molecular flexibility index (Phi) is 8.26. The molecule has 19 heavy (non-hydrogen) atoms. The van der Waals surface area contributed by atoms with Crippen LogP contribution in [0.5, 0.6) is 5.75 Å². The van der Waals surface area contributed by atoms with E-state index in [1.165, 1.54) is 18.4 Å². The largest absolute Gasteiger partial charge is 0.494 e. The van der Waals surface area contributed by atoms with Gasteiger partial charge in [0, 0.05) is 12.6 Å². The van der Waals surface area contributed by atoms with Crippen molar-refractivity contribution in [3.8, 4) is 5.75 Å². The molecule has 1 atom stereocenters. The molecule has 0 aliphatic rings. The molecule has 108 valence electrons. The van der Waals surface area contributed by atoms with Crippen molar-refractivity contribution in [3.63, 3.8) is 0 Å². The van der Waals surface area contributed by atoms with Crippen molar-refractivity contribution in [3.05, 3.63) is 29.8 Å². The summed E-state index contributed by atoms with van der Waals surface area (Å²) >= 11 is 0. The van der Waals surface area contributed by atoms with Crippen molar-refractivity contribution in [2.75, 3.05) is 13.2 Å². The number of hydrogen-bond donors (Lipinski definition) is 2. The van der Waals surface area contributed by atoms with Gasteiger partial charge in [0.05, 0.1) is 13.2 Å². The zero-order chi connectivity index (χ0) is 13.9. The van der Waals surface area contributed by atoms with E-state index in [1.54, 1.807) is 0 Å².